The van der Waals surface area contributed by atoms with E-state index < -0.39 is 43.0 Å². The predicted molar refractivity (Wildman–Crippen MR) is 85.6 cm³/mol. The Morgan fingerprint density at radius 3 is 2.52 bits per heavy atom. The molecule has 2 rings (SSSR count). The summed E-state index contributed by atoms with van der Waals surface area (Å²) in [5, 5.41) is 37.3. The molecule has 0 aliphatic carbocycles. The number of amides is 2. The summed E-state index contributed by atoms with van der Waals surface area (Å²) in [6.45, 7) is 0.581. The number of hydrogen-bond donors (Lipinski definition) is 5. The van der Waals surface area contributed by atoms with E-state index in [-0.39, 0.29) is 5.90 Å². The van der Waals surface area contributed by atoms with Gasteiger partial charge in [0.15, 0.2) is 6.10 Å². The number of carbonyl (C=O) groups excluding carboxylic acids is 2. The zero-order chi connectivity index (χ0) is 18.4. The van der Waals surface area contributed by atoms with Crippen molar-refractivity contribution in [2.45, 2.75) is 31.3 Å². The minimum absolute atomic E-state index is 0.352. The van der Waals surface area contributed by atoms with E-state index >= 15 is 0 Å². The quantitative estimate of drug-likeness (QED) is 0.350. The largest absolute Gasteiger partial charge is 0.468 e. The molecule has 1 aliphatic heterocycles. The van der Waals surface area contributed by atoms with Crippen molar-refractivity contribution in [2.75, 3.05) is 11.9 Å². The van der Waals surface area contributed by atoms with Crippen molar-refractivity contribution in [3.63, 3.8) is 0 Å². The number of aliphatic hydroxyl groups excluding tert-OH is 3. The predicted octanol–water partition coefficient (Wildman–Crippen LogP) is -0.834. The highest BCUT2D eigenvalue weighted by Crippen LogP contribution is 2.18. The number of para-hydroxylation sites is 1. The van der Waals surface area contributed by atoms with E-state index in [9.17, 15) is 24.9 Å². The van der Waals surface area contributed by atoms with Gasteiger partial charge in [-0.1, -0.05) is 18.2 Å². The van der Waals surface area contributed by atoms with Gasteiger partial charge in [0.05, 0.1) is 6.61 Å². The van der Waals surface area contributed by atoms with Gasteiger partial charge in [-0.2, -0.15) is 0 Å². The summed E-state index contributed by atoms with van der Waals surface area (Å²) in [6, 6.07) is 7.22. The van der Waals surface area contributed by atoms with Gasteiger partial charge in [-0.05, 0) is 17.3 Å². The molecule has 1 saturated heterocycles. The lowest BCUT2D eigenvalue weighted by Gasteiger charge is -2.37. The lowest BCUT2D eigenvalue weighted by atomic mass is 9.97. The normalized spacial score (nSPS) is 27.3. The molecule has 0 unspecified atom stereocenters. The third-order valence-corrected chi connectivity index (χ3v) is 3.39. The maximum Gasteiger partial charge on any atom is 0.437 e. The van der Waals surface area contributed by atoms with Crippen molar-refractivity contribution in [1.29, 1.82) is 0 Å². The van der Waals surface area contributed by atoms with Gasteiger partial charge in [0.1, 0.15) is 18.2 Å². The monoisotopic (exact) mass is 353 g/mol. The maximum absolute atomic E-state index is 11.7. The second kappa shape index (κ2) is 8.42. The number of rotatable bonds is 4. The van der Waals surface area contributed by atoms with E-state index in [4.69, 9.17) is 4.74 Å². The minimum atomic E-state index is -1.51. The Morgan fingerprint density at radius 1 is 1.24 bits per heavy atom. The van der Waals surface area contributed by atoms with Gasteiger partial charge in [-0.15, -0.1) is 0 Å². The van der Waals surface area contributed by atoms with Crippen LogP contribution in [0.25, 0.3) is 0 Å². The number of carbonyl (C=O) groups is 2. The second-order valence-electron chi connectivity index (χ2n) is 5.30. The summed E-state index contributed by atoms with van der Waals surface area (Å²) < 4.78 is 5.20. The van der Waals surface area contributed by atoms with Gasteiger partial charge in [0.25, 0.3) is 5.90 Å². The van der Waals surface area contributed by atoms with E-state index in [1.165, 1.54) is 6.92 Å². The number of nitrogens with zero attached hydrogens (tertiary/aromatic N) is 1. The first-order valence-corrected chi connectivity index (χ1v) is 7.44. The van der Waals surface area contributed by atoms with Crippen molar-refractivity contribution in [3.8, 4) is 0 Å². The highest BCUT2D eigenvalue weighted by atomic mass is 16.7. The van der Waals surface area contributed by atoms with Gasteiger partial charge < -0.3 is 25.4 Å². The molecule has 1 aliphatic rings. The van der Waals surface area contributed by atoms with Gasteiger partial charge >= 0.3 is 6.09 Å². The third kappa shape index (κ3) is 4.89. The molecule has 0 aromatic heterocycles. The number of nitrogens with one attached hydrogen (secondary N) is 2. The Labute approximate surface area is 143 Å². The molecule has 0 bridgehead atoms. The number of ether oxygens (including phenoxy) is 1. The molecule has 1 fully saturated rings. The second-order valence-corrected chi connectivity index (χ2v) is 5.30. The van der Waals surface area contributed by atoms with Crippen molar-refractivity contribution >= 4 is 23.6 Å². The first-order chi connectivity index (χ1) is 11.9. The highest BCUT2D eigenvalue weighted by molar-refractivity contribution is 5.89. The zero-order valence-electron chi connectivity index (χ0n) is 13.3. The van der Waals surface area contributed by atoms with Gasteiger partial charge in [0, 0.05) is 12.6 Å². The number of oxime groups is 1. The van der Waals surface area contributed by atoms with Crippen LogP contribution < -0.4 is 10.6 Å². The Balaban J connectivity index is 2.09. The summed E-state index contributed by atoms with van der Waals surface area (Å²) in [7, 11) is 0. The molecule has 25 heavy (non-hydrogen) atoms. The third-order valence-electron chi connectivity index (χ3n) is 3.39. The van der Waals surface area contributed by atoms with Crippen LogP contribution in [0, 0.1) is 0 Å². The average Bonchev–Trinajstić information content (AvgIpc) is 2.59. The molecule has 4 atom stereocenters. The molecule has 1 aromatic rings. The minimum Gasteiger partial charge on any atom is -0.468 e. The summed E-state index contributed by atoms with van der Waals surface area (Å²) in [5.41, 5.74) is 0.472. The summed E-state index contributed by atoms with van der Waals surface area (Å²) in [6.07, 6.45) is -5.07. The standard InChI is InChI=1S/C15H19N3O7/c1-8(20)16-11-13(22)12(21)10(7-19)24-14(11)18-25-15(23)17-9-5-3-2-4-6-9/h2-6,10-13,19,21-22H,7H2,1H3,(H,16,20)(H,17,23)/b18-14-/t10-,11-,12+,13-/m1/s1. The Bertz CT molecular complexity index is 637. The highest BCUT2D eigenvalue weighted by Gasteiger charge is 2.44. The van der Waals surface area contributed by atoms with Crippen LogP contribution in [0.3, 0.4) is 0 Å². The smallest absolute Gasteiger partial charge is 0.437 e. The Morgan fingerprint density at radius 2 is 1.92 bits per heavy atom. The van der Waals surface area contributed by atoms with Crippen LogP contribution in [-0.4, -0.2) is 64.2 Å². The lowest BCUT2D eigenvalue weighted by Crippen LogP contribution is -2.62. The van der Waals surface area contributed by atoms with Crippen LogP contribution in [0.5, 0.6) is 0 Å². The molecule has 10 nitrogen and oxygen atoms in total. The molecular weight excluding hydrogens is 334 g/mol. The summed E-state index contributed by atoms with van der Waals surface area (Å²) in [5.74, 6) is -0.876. The molecule has 5 N–H and O–H groups in total. The first-order valence-electron chi connectivity index (χ1n) is 7.44. The maximum atomic E-state index is 11.7. The molecule has 1 heterocycles. The molecule has 10 heteroatoms. The van der Waals surface area contributed by atoms with Gasteiger partial charge in [-0.25, -0.2) is 4.79 Å². The van der Waals surface area contributed by atoms with Crippen molar-refractivity contribution in [3.05, 3.63) is 30.3 Å². The molecule has 1 aromatic carbocycles. The van der Waals surface area contributed by atoms with Crippen molar-refractivity contribution in [2.24, 2.45) is 5.16 Å². The van der Waals surface area contributed by atoms with E-state index in [1.807, 2.05) is 0 Å². The van der Waals surface area contributed by atoms with Crippen molar-refractivity contribution in [1.82, 2.24) is 5.32 Å². The van der Waals surface area contributed by atoms with Crippen LogP contribution in [0.1, 0.15) is 6.92 Å². The summed E-state index contributed by atoms with van der Waals surface area (Å²) in [4.78, 5) is 27.7. The van der Waals surface area contributed by atoms with Gasteiger partial charge in [0.2, 0.25) is 5.91 Å². The topological polar surface area (TPSA) is 150 Å². The number of aliphatic hydroxyl groups is 3. The van der Waals surface area contributed by atoms with Crippen LogP contribution in [-0.2, 0) is 14.4 Å². The molecular formula is C15H19N3O7. The number of anilines is 1. The van der Waals surface area contributed by atoms with E-state index in [2.05, 4.69) is 20.6 Å². The first kappa shape index (κ1) is 18.6. The molecule has 0 saturated carbocycles. The lowest BCUT2D eigenvalue weighted by molar-refractivity contribution is -0.126. The van der Waals surface area contributed by atoms with E-state index in [1.54, 1.807) is 30.3 Å². The fourth-order valence-corrected chi connectivity index (χ4v) is 2.20. The molecule has 136 valence electrons. The summed E-state index contributed by atoms with van der Waals surface area (Å²) >= 11 is 0. The fourth-order valence-electron chi connectivity index (χ4n) is 2.20. The zero-order valence-corrected chi connectivity index (χ0v) is 13.3. The Kier molecular flexibility index (Phi) is 6.28. The van der Waals surface area contributed by atoms with Crippen LogP contribution in [0.4, 0.5) is 10.5 Å². The molecule has 2 amide bonds. The number of hydrogen-bond acceptors (Lipinski definition) is 8. The average molecular weight is 353 g/mol. The SMILES string of the molecule is CC(=O)N[C@H]1/C(=N/OC(=O)Nc2ccccc2)O[C@H](CO)[C@H](O)[C@@H]1O. The van der Waals surface area contributed by atoms with Crippen molar-refractivity contribution < 1.29 is 34.5 Å². The number of benzene rings is 1. The van der Waals surface area contributed by atoms with E-state index in [0.29, 0.717) is 5.69 Å². The van der Waals surface area contributed by atoms with Crippen LogP contribution in [0.2, 0.25) is 0 Å². The fraction of sp³-hybridized carbons (Fsp3) is 0.400. The molecule has 0 radical (unpaired) electrons. The van der Waals surface area contributed by atoms with Crippen LogP contribution in [0.15, 0.2) is 35.5 Å². The van der Waals surface area contributed by atoms with Gasteiger partial charge in [-0.3, -0.25) is 14.9 Å². The van der Waals surface area contributed by atoms with E-state index in [0.717, 1.165) is 0 Å². The molecule has 0 spiro atoms. The Hall–Kier alpha value is -2.69. The van der Waals surface area contributed by atoms with Crippen LogP contribution >= 0.6 is 0 Å².